The molecule has 1 aromatic carbocycles. The third-order valence-electron chi connectivity index (χ3n) is 3.07. The molecule has 0 unspecified atom stereocenters. The van der Waals surface area contributed by atoms with Gasteiger partial charge in [0.15, 0.2) is 11.6 Å². The second-order valence-corrected chi connectivity index (χ2v) is 4.12. The lowest BCUT2D eigenvalue weighted by molar-refractivity contribution is 0.311. The maximum atomic E-state index is 13.7. The van der Waals surface area contributed by atoms with Crippen molar-refractivity contribution in [1.82, 2.24) is 5.32 Å². The van der Waals surface area contributed by atoms with Gasteiger partial charge in [-0.05, 0) is 44.8 Å². The number of halogens is 2. The summed E-state index contributed by atoms with van der Waals surface area (Å²) in [6.07, 6.45) is 2.12. The molecule has 1 aliphatic heterocycles. The van der Waals surface area contributed by atoms with Crippen LogP contribution in [0.1, 0.15) is 31.2 Å². The fraction of sp³-hybridized carbons (Fsp3) is 0.538. The van der Waals surface area contributed by atoms with Gasteiger partial charge in [-0.25, -0.2) is 4.39 Å². The van der Waals surface area contributed by atoms with Gasteiger partial charge in [-0.15, -0.1) is 12.4 Å². The van der Waals surface area contributed by atoms with Crippen molar-refractivity contribution in [3.63, 3.8) is 0 Å². The molecular weight excluding hydrogens is 241 g/mol. The Labute approximate surface area is 108 Å². The molecule has 1 aromatic rings. The molecule has 96 valence electrons. The van der Waals surface area contributed by atoms with Crippen LogP contribution in [0.3, 0.4) is 0 Å². The van der Waals surface area contributed by atoms with Crippen LogP contribution in [0.5, 0.6) is 5.75 Å². The first-order chi connectivity index (χ1) is 7.83. The van der Waals surface area contributed by atoms with Crippen molar-refractivity contribution >= 4 is 12.4 Å². The molecule has 0 bridgehead atoms. The molecule has 0 aromatic heterocycles. The number of hydrogen-bond donors (Lipinski definition) is 1. The van der Waals surface area contributed by atoms with E-state index in [-0.39, 0.29) is 18.2 Å². The highest BCUT2D eigenvalue weighted by Gasteiger charge is 2.20. The van der Waals surface area contributed by atoms with Crippen LogP contribution in [0.2, 0.25) is 0 Å². The fourth-order valence-electron chi connectivity index (χ4n) is 2.28. The van der Waals surface area contributed by atoms with Crippen molar-refractivity contribution in [2.45, 2.75) is 25.7 Å². The molecular formula is C13H19ClFNO. The van der Waals surface area contributed by atoms with Gasteiger partial charge in [-0.2, -0.15) is 0 Å². The Hall–Kier alpha value is -0.800. The lowest BCUT2D eigenvalue weighted by atomic mass is 9.89. The minimum atomic E-state index is -0.238. The number of para-hydroxylation sites is 1. The molecule has 0 spiro atoms. The minimum absolute atomic E-state index is 0. The van der Waals surface area contributed by atoms with Gasteiger partial charge in [-0.1, -0.05) is 12.1 Å². The molecule has 4 heteroatoms. The van der Waals surface area contributed by atoms with Gasteiger partial charge >= 0.3 is 0 Å². The summed E-state index contributed by atoms with van der Waals surface area (Å²) in [4.78, 5) is 0. The second kappa shape index (κ2) is 6.82. The second-order valence-electron chi connectivity index (χ2n) is 4.12. The monoisotopic (exact) mass is 259 g/mol. The van der Waals surface area contributed by atoms with Crippen molar-refractivity contribution in [1.29, 1.82) is 0 Å². The third kappa shape index (κ3) is 3.33. The Morgan fingerprint density at radius 1 is 1.35 bits per heavy atom. The average molecular weight is 260 g/mol. The standard InChI is InChI=1S/C13H18FNO.ClH/c1-2-16-13-11(4-3-5-12(13)14)10-6-8-15-9-7-10;/h3-5,10,15H,2,6-9H2,1H3;1H. The van der Waals surface area contributed by atoms with Crippen molar-refractivity contribution in [2.75, 3.05) is 19.7 Å². The van der Waals surface area contributed by atoms with E-state index in [4.69, 9.17) is 4.74 Å². The lowest BCUT2D eigenvalue weighted by Crippen LogP contribution is -2.27. The van der Waals surface area contributed by atoms with Gasteiger partial charge in [0.1, 0.15) is 0 Å². The van der Waals surface area contributed by atoms with Crippen LogP contribution >= 0.6 is 12.4 Å². The molecule has 1 saturated heterocycles. The van der Waals surface area contributed by atoms with E-state index in [1.807, 2.05) is 13.0 Å². The quantitative estimate of drug-likeness (QED) is 0.901. The Bertz CT molecular complexity index is 353. The van der Waals surface area contributed by atoms with E-state index in [1.54, 1.807) is 6.07 Å². The van der Waals surface area contributed by atoms with Gasteiger partial charge in [-0.3, -0.25) is 0 Å². The average Bonchev–Trinajstić information content (AvgIpc) is 2.33. The van der Waals surface area contributed by atoms with Gasteiger partial charge < -0.3 is 10.1 Å². The van der Waals surface area contributed by atoms with Crippen molar-refractivity contribution in [3.8, 4) is 5.75 Å². The topological polar surface area (TPSA) is 21.3 Å². The smallest absolute Gasteiger partial charge is 0.165 e. The molecule has 1 N–H and O–H groups in total. The summed E-state index contributed by atoms with van der Waals surface area (Å²) in [5.74, 6) is 0.647. The van der Waals surface area contributed by atoms with E-state index >= 15 is 0 Å². The lowest BCUT2D eigenvalue weighted by Gasteiger charge is -2.25. The summed E-state index contributed by atoms with van der Waals surface area (Å²) < 4.78 is 19.1. The zero-order valence-corrected chi connectivity index (χ0v) is 10.9. The SMILES string of the molecule is CCOc1c(F)cccc1C1CCNCC1.Cl. The molecule has 0 amide bonds. The summed E-state index contributed by atoms with van der Waals surface area (Å²) in [5.41, 5.74) is 1.03. The minimum Gasteiger partial charge on any atom is -0.491 e. The number of ether oxygens (including phenoxy) is 1. The van der Waals surface area contributed by atoms with E-state index in [1.165, 1.54) is 6.07 Å². The van der Waals surface area contributed by atoms with E-state index < -0.39 is 0 Å². The fourth-order valence-corrected chi connectivity index (χ4v) is 2.28. The van der Waals surface area contributed by atoms with Gasteiger partial charge in [0.2, 0.25) is 0 Å². The highest BCUT2D eigenvalue weighted by atomic mass is 35.5. The Balaban J connectivity index is 0.00000144. The van der Waals surface area contributed by atoms with Crippen LogP contribution < -0.4 is 10.1 Å². The number of benzene rings is 1. The van der Waals surface area contributed by atoms with E-state index in [2.05, 4.69) is 5.32 Å². The number of nitrogens with one attached hydrogen (secondary N) is 1. The van der Waals surface area contributed by atoms with E-state index in [0.29, 0.717) is 18.3 Å². The number of rotatable bonds is 3. The zero-order valence-electron chi connectivity index (χ0n) is 10.0. The largest absolute Gasteiger partial charge is 0.491 e. The molecule has 0 aliphatic carbocycles. The van der Waals surface area contributed by atoms with Crippen LogP contribution in [-0.2, 0) is 0 Å². The van der Waals surface area contributed by atoms with Gasteiger partial charge in [0.25, 0.3) is 0 Å². The zero-order chi connectivity index (χ0) is 11.4. The van der Waals surface area contributed by atoms with Crippen LogP contribution in [-0.4, -0.2) is 19.7 Å². The van der Waals surface area contributed by atoms with Crippen LogP contribution in [0.15, 0.2) is 18.2 Å². The Morgan fingerprint density at radius 3 is 2.71 bits per heavy atom. The first-order valence-corrected chi connectivity index (χ1v) is 5.95. The predicted molar refractivity (Wildman–Crippen MR) is 69.7 cm³/mol. The maximum Gasteiger partial charge on any atom is 0.165 e. The van der Waals surface area contributed by atoms with Crippen molar-refractivity contribution in [2.24, 2.45) is 0 Å². The molecule has 2 nitrogen and oxygen atoms in total. The maximum absolute atomic E-state index is 13.7. The van der Waals surface area contributed by atoms with Gasteiger partial charge in [0, 0.05) is 5.56 Å². The number of piperidine rings is 1. The molecule has 1 fully saturated rings. The van der Waals surface area contributed by atoms with Crippen LogP contribution in [0, 0.1) is 5.82 Å². The highest BCUT2D eigenvalue weighted by molar-refractivity contribution is 5.85. The summed E-state index contributed by atoms with van der Waals surface area (Å²) in [6.45, 7) is 4.41. The van der Waals surface area contributed by atoms with Crippen molar-refractivity contribution in [3.05, 3.63) is 29.6 Å². The van der Waals surface area contributed by atoms with E-state index in [0.717, 1.165) is 31.5 Å². The van der Waals surface area contributed by atoms with Crippen molar-refractivity contribution < 1.29 is 9.13 Å². The molecule has 0 atom stereocenters. The molecule has 17 heavy (non-hydrogen) atoms. The summed E-state index contributed by atoms with van der Waals surface area (Å²) in [5, 5.41) is 3.32. The molecule has 2 rings (SSSR count). The Morgan fingerprint density at radius 2 is 2.06 bits per heavy atom. The third-order valence-corrected chi connectivity index (χ3v) is 3.07. The van der Waals surface area contributed by atoms with E-state index in [9.17, 15) is 4.39 Å². The molecule has 1 aliphatic rings. The summed E-state index contributed by atoms with van der Waals surface area (Å²) >= 11 is 0. The summed E-state index contributed by atoms with van der Waals surface area (Å²) in [7, 11) is 0. The first kappa shape index (κ1) is 14.3. The summed E-state index contributed by atoms with van der Waals surface area (Å²) in [6, 6.07) is 5.23. The molecule has 0 saturated carbocycles. The van der Waals surface area contributed by atoms with Crippen LogP contribution in [0.4, 0.5) is 4.39 Å². The normalized spacial score (nSPS) is 16.4. The Kier molecular flexibility index (Phi) is 5.72. The highest BCUT2D eigenvalue weighted by Crippen LogP contribution is 2.34. The van der Waals surface area contributed by atoms with Crippen LogP contribution in [0.25, 0.3) is 0 Å². The number of hydrogen-bond acceptors (Lipinski definition) is 2. The molecule has 1 heterocycles. The first-order valence-electron chi connectivity index (χ1n) is 5.95. The predicted octanol–water partition coefficient (Wildman–Crippen LogP) is 3.11. The molecule has 0 radical (unpaired) electrons. The van der Waals surface area contributed by atoms with Gasteiger partial charge in [0.05, 0.1) is 6.61 Å².